The van der Waals surface area contributed by atoms with Crippen LogP contribution in [0.4, 0.5) is 0 Å². The van der Waals surface area contributed by atoms with Crippen LogP contribution in [0.2, 0.25) is 5.02 Å². The average molecular weight is 534 g/mol. The van der Waals surface area contributed by atoms with Gasteiger partial charge in [-0.25, -0.2) is 0 Å². The van der Waals surface area contributed by atoms with Crippen molar-refractivity contribution in [3.63, 3.8) is 0 Å². The highest BCUT2D eigenvalue weighted by Gasteiger charge is 2.34. The smallest absolute Gasteiger partial charge is 0.254 e. The Kier molecular flexibility index (Phi) is 7.73. The number of aromatic amines is 1. The molecule has 5 rings (SSSR count). The zero-order chi connectivity index (χ0) is 27.0. The topological polar surface area (TPSA) is 73.5 Å². The number of ketones is 2. The summed E-state index contributed by atoms with van der Waals surface area (Å²) in [4.78, 5) is 47.3. The highest BCUT2D eigenvalue weighted by Crippen LogP contribution is 2.31. The van der Waals surface area contributed by atoms with E-state index in [9.17, 15) is 14.4 Å². The summed E-state index contributed by atoms with van der Waals surface area (Å²) in [6, 6.07) is 13.5. The number of fused-ring (bicyclic) bond motifs is 1. The van der Waals surface area contributed by atoms with Crippen molar-refractivity contribution in [1.82, 2.24) is 14.8 Å². The van der Waals surface area contributed by atoms with Crippen LogP contribution in [0.15, 0.2) is 48.7 Å². The van der Waals surface area contributed by atoms with Crippen molar-refractivity contribution < 1.29 is 14.4 Å². The predicted molar refractivity (Wildman–Crippen MR) is 151 cm³/mol. The molecule has 0 radical (unpaired) electrons. The minimum Gasteiger partial charge on any atom is -0.360 e. The van der Waals surface area contributed by atoms with E-state index in [0.29, 0.717) is 29.0 Å². The number of piperazine rings is 1. The summed E-state index contributed by atoms with van der Waals surface area (Å²) >= 11 is 6.17. The summed E-state index contributed by atoms with van der Waals surface area (Å²) < 4.78 is 0. The Hall–Kier alpha value is -2.96. The summed E-state index contributed by atoms with van der Waals surface area (Å²) in [5.74, 6) is -0.385. The number of carbonyl (C=O) groups excluding carboxylic acids is 3. The second kappa shape index (κ2) is 11.0. The molecular formula is C31H36ClN3O3. The van der Waals surface area contributed by atoms with Crippen LogP contribution in [0.5, 0.6) is 0 Å². The van der Waals surface area contributed by atoms with Crippen molar-refractivity contribution >= 4 is 40.0 Å². The lowest BCUT2D eigenvalue weighted by molar-refractivity contribution is -0.119. The van der Waals surface area contributed by atoms with Gasteiger partial charge in [-0.2, -0.15) is 0 Å². The van der Waals surface area contributed by atoms with E-state index in [2.05, 4.69) is 36.7 Å². The number of nitrogens with one attached hydrogen (secondary N) is 1. The Morgan fingerprint density at radius 2 is 1.71 bits per heavy atom. The molecule has 6 nitrogen and oxygen atoms in total. The zero-order valence-electron chi connectivity index (χ0n) is 22.4. The average Bonchev–Trinajstić information content (AvgIpc) is 3.33. The molecule has 38 heavy (non-hydrogen) atoms. The van der Waals surface area contributed by atoms with Gasteiger partial charge in [-0.05, 0) is 68.5 Å². The summed E-state index contributed by atoms with van der Waals surface area (Å²) in [6.45, 7) is 8.55. The normalized spacial score (nSPS) is 24.5. The van der Waals surface area contributed by atoms with Gasteiger partial charge in [0.05, 0.1) is 5.56 Å². The van der Waals surface area contributed by atoms with E-state index in [0.717, 1.165) is 54.9 Å². The third-order valence-electron chi connectivity index (χ3n) is 8.43. The SMILES string of the molecule is CC1CCC(C(=O)C(=O)c2c[nH]c3ccc(C(=O)N4CC(C)N(Cc5cccc(Cl)c5)CC4C)cc23)CC1. The maximum Gasteiger partial charge on any atom is 0.254 e. The second-order valence-corrected chi connectivity index (χ2v) is 11.8. The monoisotopic (exact) mass is 533 g/mol. The lowest BCUT2D eigenvalue weighted by atomic mass is 9.79. The van der Waals surface area contributed by atoms with Gasteiger partial charge in [-0.3, -0.25) is 19.3 Å². The third kappa shape index (κ3) is 5.43. The maximum atomic E-state index is 13.7. The molecule has 1 amide bonds. The first-order chi connectivity index (χ1) is 18.2. The van der Waals surface area contributed by atoms with Crippen LogP contribution in [-0.4, -0.2) is 57.4 Å². The maximum absolute atomic E-state index is 13.7. The van der Waals surface area contributed by atoms with Crippen molar-refractivity contribution in [1.29, 1.82) is 0 Å². The Morgan fingerprint density at radius 1 is 0.947 bits per heavy atom. The molecule has 1 aromatic heterocycles. The summed E-state index contributed by atoms with van der Waals surface area (Å²) in [5.41, 5.74) is 2.81. The lowest BCUT2D eigenvalue weighted by Gasteiger charge is -2.44. The molecule has 3 aromatic rings. The number of benzene rings is 2. The van der Waals surface area contributed by atoms with Crippen molar-refractivity contribution in [3.05, 3.63) is 70.4 Å². The standard InChI is InChI=1S/C31H36ClN3O3/c1-19-7-9-23(10-8-19)29(36)30(37)27-15-33-28-12-11-24(14-26(27)28)31(38)35-17-20(2)34(16-21(35)3)18-22-5-4-6-25(32)13-22/h4-6,11-15,19-21,23,33H,7-10,16-18H2,1-3H3. The number of halogens is 1. The number of H-pyrrole nitrogens is 1. The van der Waals surface area contributed by atoms with E-state index in [1.54, 1.807) is 18.3 Å². The van der Waals surface area contributed by atoms with Gasteiger partial charge in [0, 0.05) is 65.3 Å². The first-order valence-corrected chi connectivity index (χ1v) is 14.1. The molecule has 2 fully saturated rings. The Balaban J connectivity index is 1.31. The zero-order valence-corrected chi connectivity index (χ0v) is 23.1. The number of aromatic nitrogens is 1. The molecule has 1 aliphatic carbocycles. The third-order valence-corrected chi connectivity index (χ3v) is 8.67. The Morgan fingerprint density at radius 3 is 2.45 bits per heavy atom. The van der Waals surface area contributed by atoms with Crippen LogP contribution in [0.25, 0.3) is 10.9 Å². The van der Waals surface area contributed by atoms with Crippen LogP contribution >= 0.6 is 11.6 Å². The van der Waals surface area contributed by atoms with Crippen molar-refractivity contribution in [3.8, 4) is 0 Å². The molecule has 1 saturated heterocycles. The number of rotatable bonds is 6. The summed E-state index contributed by atoms with van der Waals surface area (Å²) in [5, 5.41) is 1.36. The van der Waals surface area contributed by atoms with E-state index >= 15 is 0 Å². The molecule has 2 heterocycles. The Labute approximate surface area is 229 Å². The van der Waals surface area contributed by atoms with Gasteiger partial charge < -0.3 is 9.88 Å². The van der Waals surface area contributed by atoms with E-state index in [4.69, 9.17) is 11.6 Å². The van der Waals surface area contributed by atoms with Gasteiger partial charge in [0.25, 0.3) is 5.91 Å². The van der Waals surface area contributed by atoms with Gasteiger partial charge in [0.15, 0.2) is 0 Å². The number of amides is 1. The fraction of sp³-hybridized carbons (Fsp3) is 0.452. The predicted octanol–water partition coefficient (Wildman–Crippen LogP) is 6.13. The van der Waals surface area contributed by atoms with E-state index in [-0.39, 0.29) is 29.7 Å². The van der Waals surface area contributed by atoms with Crippen LogP contribution in [0.3, 0.4) is 0 Å². The minimum absolute atomic E-state index is 0.0242. The molecule has 1 N–H and O–H groups in total. The van der Waals surface area contributed by atoms with E-state index in [1.807, 2.05) is 29.2 Å². The van der Waals surface area contributed by atoms with Crippen molar-refractivity contribution in [2.45, 2.75) is 65.1 Å². The van der Waals surface area contributed by atoms with Crippen molar-refractivity contribution in [2.24, 2.45) is 11.8 Å². The molecule has 2 aromatic carbocycles. The first-order valence-electron chi connectivity index (χ1n) is 13.7. The molecule has 7 heteroatoms. The van der Waals surface area contributed by atoms with Crippen LogP contribution in [0.1, 0.15) is 72.7 Å². The molecule has 0 bridgehead atoms. The molecule has 2 unspecified atom stereocenters. The lowest BCUT2D eigenvalue weighted by Crippen LogP contribution is -2.57. The van der Waals surface area contributed by atoms with Crippen LogP contribution < -0.4 is 0 Å². The second-order valence-electron chi connectivity index (χ2n) is 11.3. The van der Waals surface area contributed by atoms with Gasteiger partial charge >= 0.3 is 0 Å². The summed E-state index contributed by atoms with van der Waals surface area (Å²) in [6.07, 6.45) is 5.14. The molecular weight excluding hydrogens is 498 g/mol. The van der Waals surface area contributed by atoms with Crippen LogP contribution in [0, 0.1) is 11.8 Å². The molecule has 1 saturated carbocycles. The van der Waals surface area contributed by atoms with Crippen molar-refractivity contribution in [2.75, 3.05) is 13.1 Å². The largest absolute Gasteiger partial charge is 0.360 e. The quantitative estimate of drug-likeness (QED) is 0.305. The number of Topliss-reactive ketones (excluding diaryl/α,β-unsaturated/α-hetero) is 2. The highest BCUT2D eigenvalue weighted by molar-refractivity contribution is 6.46. The molecule has 2 atom stereocenters. The van der Waals surface area contributed by atoms with Gasteiger partial charge in [-0.1, -0.05) is 43.5 Å². The van der Waals surface area contributed by atoms with Gasteiger partial charge in [-0.15, -0.1) is 0 Å². The van der Waals surface area contributed by atoms with Gasteiger partial charge in [0.1, 0.15) is 0 Å². The minimum atomic E-state index is -0.447. The number of carbonyl (C=O) groups is 3. The van der Waals surface area contributed by atoms with E-state index in [1.165, 1.54) is 0 Å². The number of hydrogen-bond donors (Lipinski definition) is 1. The van der Waals surface area contributed by atoms with E-state index < -0.39 is 5.78 Å². The molecule has 0 spiro atoms. The summed E-state index contributed by atoms with van der Waals surface area (Å²) in [7, 11) is 0. The van der Waals surface area contributed by atoms with Crippen LogP contribution in [-0.2, 0) is 11.3 Å². The fourth-order valence-corrected chi connectivity index (χ4v) is 6.23. The fourth-order valence-electron chi connectivity index (χ4n) is 6.02. The number of nitrogens with zero attached hydrogens (tertiary/aromatic N) is 2. The molecule has 1 aliphatic heterocycles. The first kappa shape index (κ1) is 26.6. The molecule has 2 aliphatic rings. The Bertz CT molecular complexity index is 1360. The highest BCUT2D eigenvalue weighted by atomic mass is 35.5. The molecule has 200 valence electrons. The number of hydrogen-bond acceptors (Lipinski definition) is 4. The van der Waals surface area contributed by atoms with Gasteiger partial charge in [0.2, 0.25) is 11.6 Å².